The van der Waals surface area contributed by atoms with Crippen LogP contribution in [0.4, 0.5) is 16.8 Å². The quantitative estimate of drug-likeness (QED) is 0.757. The summed E-state index contributed by atoms with van der Waals surface area (Å²) in [5.74, 6) is 2.92. The van der Waals surface area contributed by atoms with Gasteiger partial charge in [0.15, 0.2) is 5.13 Å². The van der Waals surface area contributed by atoms with Crippen molar-refractivity contribution in [3.05, 3.63) is 46.7 Å². The van der Waals surface area contributed by atoms with E-state index in [9.17, 15) is 0 Å². The fraction of sp³-hybridized carbons (Fsp3) is 0.389. The summed E-state index contributed by atoms with van der Waals surface area (Å²) in [5.41, 5.74) is 2.13. The highest BCUT2D eigenvalue weighted by atomic mass is 32.1. The van der Waals surface area contributed by atoms with Crippen LogP contribution in [-0.2, 0) is 0 Å². The van der Waals surface area contributed by atoms with Crippen molar-refractivity contribution in [3.8, 4) is 0 Å². The zero-order valence-corrected chi connectivity index (χ0v) is 15.9. The molecule has 1 atom stereocenters. The van der Waals surface area contributed by atoms with E-state index in [1.165, 1.54) is 4.88 Å². The summed E-state index contributed by atoms with van der Waals surface area (Å²) < 4.78 is 0. The molecule has 1 aliphatic heterocycles. The minimum Gasteiger partial charge on any atom is -0.356 e. The van der Waals surface area contributed by atoms with Crippen molar-refractivity contribution in [3.63, 3.8) is 0 Å². The molecule has 0 aliphatic carbocycles. The van der Waals surface area contributed by atoms with Gasteiger partial charge in [-0.1, -0.05) is 0 Å². The summed E-state index contributed by atoms with van der Waals surface area (Å²) in [6, 6.07) is 4.00. The molecule has 1 aliphatic rings. The lowest BCUT2D eigenvalue weighted by molar-refractivity contribution is 0.733. The molecule has 8 heteroatoms. The third-order valence-corrected chi connectivity index (χ3v) is 5.61. The number of hydrogen-bond acceptors (Lipinski definition) is 8. The van der Waals surface area contributed by atoms with Crippen LogP contribution in [0.1, 0.15) is 34.4 Å². The molecule has 0 saturated carbocycles. The average Bonchev–Trinajstić information content (AvgIpc) is 3.23. The Balaban J connectivity index is 1.53. The first-order valence-electron chi connectivity index (χ1n) is 8.66. The van der Waals surface area contributed by atoms with Gasteiger partial charge in [0, 0.05) is 36.1 Å². The summed E-state index contributed by atoms with van der Waals surface area (Å²) in [6.45, 7) is 7.91. The maximum absolute atomic E-state index is 4.68. The lowest BCUT2D eigenvalue weighted by Gasteiger charge is -2.17. The van der Waals surface area contributed by atoms with Crippen LogP contribution < -0.4 is 10.2 Å². The molecule has 0 spiro atoms. The molecule has 0 radical (unpaired) electrons. The Labute approximate surface area is 156 Å². The van der Waals surface area contributed by atoms with Gasteiger partial charge >= 0.3 is 0 Å². The molecule has 4 rings (SSSR count). The van der Waals surface area contributed by atoms with Crippen LogP contribution in [0.25, 0.3) is 0 Å². The first-order valence-corrected chi connectivity index (χ1v) is 9.48. The van der Waals surface area contributed by atoms with Crippen molar-refractivity contribution in [2.75, 3.05) is 23.3 Å². The molecule has 26 heavy (non-hydrogen) atoms. The Morgan fingerprint density at radius 1 is 1.19 bits per heavy atom. The lowest BCUT2D eigenvalue weighted by Crippen LogP contribution is -2.20. The Hall–Kier alpha value is -2.61. The molecule has 134 valence electrons. The van der Waals surface area contributed by atoms with Gasteiger partial charge in [0.05, 0.1) is 11.4 Å². The Morgan fingerprint density at radius 2 is 2.08 bits per heavy atom. The predicted molar refractivity (Wildman–Crippen MR) is 103 cm³/mol. The highest BCUT2D eigenvalue weighted by Gasteiger charge is 2.26. The smallest absolute Gasteiger partial charge is 0.188 e. The lowest BCUT2D eigenvalue weighted by atomic mass is 10.0. The number of nitrogens with one attached hydrogen (secondary N) is 1. The van der Waals surface area contributed by atoms with Crippen LogP contribution >= 0.6 is 11.3 Å². The Kier molecular flexibility index (Phi) is 4.50. The summed E-state index contributed by atoms with van der Waals surface area (Å²) in [7, 11) is 0. The average molecular weight is 367 g/mol. The largest absolute Gasteiger partial charge is 0.356 e. The van der Waals surface area contributed by atoms with Gasteiger partial charge < -0.3 is 10.2 Å². The minimum absolute atomic E-state index is 0.368. The number of thiazole rings is 1. The van der Waals surface area contributed by atoms with E-state index in [1.807, 2.05) is 26.0 Å². The van der Waals surface area contributed by atoms with E-state index < -0.39 is 0 Å². The van der Waals surface area contributed by atoms with Crippen LogP contribution in [-0.4, -0.2) is 38.0 Å². The van der Waals surface area contributed by atoms with Crippen molar-refractivity contribution in [1.82, 2.24) is 24.9 Å². The number of aromatic nitrogens is 5. The van der Waals surface area contributed by atoms with Crippen molar-refractivity contribution in [2.24, 2.45) is 0 Å². The molecule has 1 unspecified atom stereocenters. The van der Waals surface area contributed by atoms with Crippen molar-refractivity contribution < 1.29 is 0 Å². The number of anilines is 3. The molecule has 3 aromatic rings. The first-order chi connectivity index (χ1) is 12.6. The van der Waals surface area contributed by atoms with Gasteiger partial charge in [0.25, 0.3) is 0 Å². The van der Waals surface area contributed by atoms with Gasteiger partial charge in [-0.15, -0.1) is 11.3 Å². The van der Waals surface area contributed by atoms with Crippen LogP contribution in [0.5, 0.6) is 0 Å². The van der Waals surface area contributed by atoms with Crippen LogP contribution in [0, 0.1) is 20.8 Å². The van der Waals surface area contributed by atoms with E-state index in [2.05, 4.69) is 42.1 Å². The number of nitrogens with zero attached hydrogens (tertiary/aromatic N) is 6. The van der Waals surface area contributed by atoms with Gasteiger partial charge in [-0.3, -0.25) is 0 Å². The van der Waals surface area contributed by atoms with Gasteiger partial charge in [-0.2, -0.15) is 0 Å². The second-order valence-corrected chi connectivity index (χ2v) is 7.71. The van der Waals surface area contributed by atoms with E-state index in [4.69, 9.17) is 0 Å². The summed E-state index contributed by atoms with van der Waals surface area (Å²) >= 11 is 1.65. The molecular formula is C18H21N7S. The summed E-state index contributed by atoms with van der Waals surface area (Å²) in [5, 5.41) is 4.21. The maximum Gasteiger partial charge on any atom is 0.188 e. The third kappa shape index (κ3) is 3.50. The highest BCUT2D eigenvalue weighted by Crippen LogP contribution is 2.30. The molecule has 1 fully saturated rings. The molecule has 0 amide bonds. The molecule has 0 bridgehead atoms. The SMILES string of the molecule is Cc1nc(Nc2nc(C)c(C)s2)cc(C2CCN(c3ccncn3)C2)n1. The highest BCUT2D eigenvalue weighted by molar-refractivity contribution is 7.15. The van der Waals surface area contributed by atoms with Gasteiger partial charge in [0.1, 0.15) is 23.8 Å². The monoisotopic (exact) mass is 367 g/mol. The second-order valence-electron chi connectivity index (χ2n) is 6.51. The zero-order chi connectivity index (χ0) is 18.1. The number of aryl methyl sites for hydroxylation is 3. The number of rotatable bonds is 4. The van der Waals surface area contributed by atoms with Gasteiger partial charge in [-0.05, 0) is 33.3 Å². The molecule has 7 nitrogen and oxygen atoms in total. The van der Waals surface area contributed by atoms with Crippen LogP contribution in [0.3, 0.4) is 0 Å². The van der Waals surface area contributed by atoms with Crippen molar-refractivity contribution in [2.45, 2.75) is 33.1 Å². The van der Waals surface area contributed by atoms with Gasteiger partial charge in [0.2, 0.25) is 0 Å². The first kappa shape index (κ1) is 16.8. The van der Waals surface area contributed by atoms with Crippen molar-refractivity contribution >= 4 is 28.1 Å². The molecular weight excluding hydrogens is 346 g/mol. The van der Waals surface area contributed by atoms with E-state index in [0.717, 1.165) is 53.5 Å². The molecule has 1 N–H and O–H groups in total. The molecule has 1 saturated heterocycles. The molecule has 3 aromatic heterocycles. The Morgan fingerprint density at radius 3 is 2.81 bits per heavy atom. The summed E-state index contributed by atoms with van der Waals surface area (Å²) in [6.07, 6.45) is 4.43. The molecule has 0 aromatic carbocycles. The Bertz CT molecular complexity index is 890. The maximum atomic E-state index is 4.68. The summed E-state index contributed by atoms with van der Waals surface area (Å²) in [4.78, 5) is 25.6. The minimum atomic E-state index is 0.368. The zero-order valence-electron chi connectivity index (χ0n) is 15.1. The fourth-order valence-electron chi connectivity index (χ4n) is 3.18. The van der Waals surface area contributed by atoms with Gasteiger partial charge in [-0.25, -0.2) is 24.9 Å². The normalized spacial score (nSPS) is 16.9. The topological polar surface area (TPSA) is 79.7 Å². The van der Waals surface area contributed by atoms with Crippen molar-refractivity contribution in [1.29, 1.82) is 0 Å². The van der Waals surface area contributed by atoms with E-state index >= 15 is 0 Å². The molecule has 4 heterocycles. The van der Waals surface area contributed by atoms with Crippen LogP contribution in [0.15, 0.2) is 24.7 Å². The second kappa shape index (κ2) is 6.95. The standard InChI is InChI=1S/C18H21N7S/c1-11-12(2)26-18(21-11)24-16-8-15(22-13(3)23-16)14-5-7-25(9-14)17-4-6-19-10-20-17/h4,6,8,10,14H,5,7,9H2,1-3H3,(H,21,22,23,24). The van der Waals surface area contributed by atoms with E-state index in [0.29, 0.717) is 5.92 Å². The fourth-order valence-corrected chi connectivity index (χ4v) is 4.00. The number of hydrogen-bond donors (Lipinski definition) is 1. The van der Waals surface area contributed by atoms with E-state index in [1.54, 1.807) is 23.9 Å². The third-order valence-electron chi connectivity index (χ3n) is 4.62. The van der Waals surface area contributed by atoms with E-state index in [-0.39, 0.29) is 0 Å². The predicted octanol–water partition coefficient (Wildman–Crippen LogP) is 3.39. The van der Waals surface area contributed by atoms with Crippen LogP contribution in [0.2, 0.25) is 0 Å².